The predicted molar refractivity (Wildman–Crippen MR) is 73.0 cm³/mol. The van der Waals surface area contributed by atoms with Gasteiger partial charge in [0, 0.05) is 6.42 Å². The van der Waals surface area contributed by atoms with Crippen molar-refractivity contribution in [1.82, 2.24) is 4.98 Å². The fourth-order valence-electron chi connectivity index (χ4n) is 1.66. The number of nitrogens with zero attached hydrogens (tertiary/aromatic N) is 1. The molecule has 90 valence electrons. The van der Waals surface area contributed by atoms with Crippen molar-refractivity contribution in [3.8, 4) is 0 Å². The molecule has 0 bridgehead atoms. The second-order valence-corrected chi connectivity index (χ2v) is 4.29. The Morgan fingerprint density at radius 2 is 2.35 bits per heavy atom. The summed E-state index contributed by atoms with van der Waals surface area (Å²) in [6.45, 7) is 2.14. The van der Waals surface area contributed by atoms with Gasteiger partial charge in [-0.05, 0) is 30.8 Å². The minimum atomic E-state index is 0.232. The molecule has 1 aromatic carbocycles. The first kappa shape index (κ1) is 11.9. The summed E-state index contributed by atoms with van der Waals surface area (Å²) in [6.07, 6.45) is 3.05. The Balaban J connectivity index is 2.34. The van der Waals surface area contributed by atoms with Crippen LogP contribution in [0.25, 0.3) is 11.1 Å². The summed E-state index contributed by atoms with van der Waals surface area (Å²) in [7, 11) is 0. The maximum absolute atomic E-state index is 5.66. The molecule has 4 nitrogen and oxygen atoms in total. The van der Waals surface area contributed by atoms with Crippen LogP contribution < -0.4 is 11.1 Å². The number of nitrogens with one attached hydrogen (secondary N) is 1. The molecule has 0 fully saturated rings. The molecule has 0 unspecified atom stereocenters. The molecule has 0 saturated carbocycles. The first-order chi connectivity index (χ1) is 8.20. The highest BCUT2D eigenvalue weighted by Gasteiger charge is 2.09. The zero-order chi connectivity index (χ0) is 12.3. The Kier molecular flexibility index (Phi) is 3.58. The van der Waals surface area contributed by atoms with Gasteiger partial charge in [-0.25, -0.2) is 4.98 Å². The monoisotopic (exact) mass is 249 g/mol. The minimum absolute atomic E-state index is 0.232. The van der Waals surface area contributed by atoms with Crippen LogP contribution in [0.15, 0.2) is 22.6 Å². The summed E-state index contributed by atoms with van der Waals surface area (Å²) in [5.74, 6) is 0.763. The number of nitrogens with two attached hydrogens (primary N) is 1. The molecule has 0 aliphatic rings. The third-order valence-electron chi connectivity index (χ3n) is 2.47. The largest absolute Gasteiger partial charge is 0.441 e. The molecular weight excluding hydrogens is 234 g/mol. The van der Waals surface area contributed by atoms with E-state index in [1.165, 1.54) is 0 Å². The van der Waals surface area contributed by atoms with E-state index in [9.17, 15) is 0 Å². The maximum atomic E-state index is 5.66. The van der Waals surface area contributed by atoms with Crippen LogP contribution in [0.1, 0.15) is 25.7 Å². The Hall–Kier alpha value is -1.62. The smallest absolute Gasteiger partial charge is 0.195 e. The molecular formula is C12H15N3OS. The molecule has 0 spiro atoms. The van der Waals surface area contributed by atoms with Crippen molar-refractivity contribution in [2.45, 2.75) is 26.2 Å². The number of benzene rings is 1. The quantitative estimate of drug-likeness (QED) is 0.816. The van der Waals surface area contributed by atoms with Gasteiger partial charge in [-0.2, -0.15) is 0 Å². The van der Waals surface area contributed by atoms with Crippen molar-refractivity contribution in [3.05, 3.63) is 24.1 Å². The first-order valence-corrected chi connectivity index (χ1v) is 6.06. The third kappa shape index (κ3) is 2.74. The molecule has 1 aromatic heterocycles. The normalized spacial score (nSPS) is 10.6. The number of aryl methyl sites for hydroxylation is 1. The summed E-state index contributed by atoms with van der Waals surface area (Å²) in [5.41, 5.74) is 7.80. The number of fused-ring (bicyclic) bond motifs is 1. The molecule has 0 atom stereocenters. The van der Waals surface area contributed by atoms with Crippen LogP contribution in [0.2, 0.25) is 0 Å². The van der Waals surface area contributed by atoms with Gasteiger partial charge in [-0.3, -0.25) is 0 Å². The zero-order valence-corrected chi connectivity index (χ0v) is 10.5. The van der Waals surface area contributed by atoms with Crippen molar-refractivity contribution in [2.24, 2.45) is 5.73 Å². The van der Waals surface area contributed by atoms with Crippen LogP contribution >= 0.6 is 12.2 Å². The van der Waals surface area contributed by atoms with E-state index in [1.54, 1.807) is 0 Å². The molecule has 3 N–H and O–H groups in total. The average Bonchev–Trinajstić information content (AvgIpc) is 2.69. The lowest BCUT2D eigenvalue weighted by atomic mass is 10.2. The first-order valence-electron chi connectivity index (χ1n) is 5.65. The van der Waals surface area contributed by atoms with Crippen molar-refractivity contribution < 1.29 is 4.42 Å². The molecule has 2 aromatic rings. The number of hydrogen-bond donors (Lipinski definition) is 2. The average molecular weight is 249 g/mol. The number of oxazole rings is 1. The van der Waals surface area contributed by atoms with E-state index in [0.717, 1.165) is 41.9 Å². The van der Waals surface area contributed by atoms with Crippen molar-refractivity contribution in [1.29, 1.82) is 0 Å². The number of thiocarbonyl (C=S) groups is 1. The highest BCUT2D eigenvalue weighted by atomic mass is 32.1. The molecule has 0 amide bonds. The molecule has 0 aliphatic carbocycles. The SMILES string of the molecule is CCCCc1nc2c(NC(N)=S)cccc2o1. The maximum Gasteiger partial charge on any atom is 0.195 e. The van der Waals surface area contributed by atoms with Crippen molar-refractivity contribution in [3.63, 3.8) is 0 Å². The number of aromatic nitrogens is 1. The molecule has 0 aliphatic heterocycles. The second kappa shape index (κ2) is 5.14. The minimum Gasteiger partial charge on any atom is -0.441 e. The van der Waals surface area contributed by atoms with Gasteiger partial charge >= 0.3 is 0 Å². The molecule has 0 radical (unpaired) electrons. The summed E-state index contributed by atoms with van der Waals surface area (Å²) >= 11 is 4.83. The van der Waals surface area contributed by atoms with Crippen LogP contribution in [0.4, 0.5) is 5.69 Å². The van der Waals surface area contributed by atoms with Gasteiger partial charge in [0.15, 0.2) is 16.6 Å². The number of anilines is 1. The van der Waals surface area contributed by atoms with Crippen LogP contribution in [0.5, 0.6) is 0 Å². The molecule has 2 rings (SSSR count). The Morgan fingerprint density at radius 1 is 1.53 bits per heavy atom. The van der Waals surface area contributed by atoms with E-state index in [1.807, 2.05) is 18.2 Å². The topological polar surface area (TPSA) is 64.1 Å². The van der Waals surface area contributed by atoms with Crippen molar-refractivity contribution >= 4 is 34.1 Å². The molecule has 0 saturated heterocycles. The van der Waals surface area contributed by atoms with Crippen LogP contribution in [-0.2, 0) is 6.42 Å². The number of para-hydroxylation sites is 1. The second-order valence-electron chi connectivity index (χ2n) is 3.85. The third-order valence-corrected chi connectivity index (χ3v) is 2.57. The fraction of sp³-hybridized carbons (Fsp3) is 0.333. The summed E-state index contributed by atoms with van der Waals surface area (Å²) in [4.78, 5) is 4.46. The van der Waals surface area contributed by atoms with Gasteiger partial charge in [0.1, 0.15) is 5.52 Å². The summed E-state index contributed by atoms with van der Waals surface area (Å²) in [5, 5.41) is 3.14. The molecule has 17 heavy (non-hydrogen) atoms. The zero-order valence-electron chi connectivity index (χ0n) is 9.69. The number of hydrogen-bond acceptors (Lipinski definition) is 3. The van der Waals surface area contributed by atoms with Gasteiger partial charge in [0.25, 0.3) is 0 Å². The van der Waals surface area contributed by atoms with E-state index in [2.05, 4.69) is 17.2 Å². The van der Waals surface area contributed by atoms with Gasteiger partial charge in [-0.15, -0.1) is 0 Å². The van der Waals surface area contributed by atoms with Gasteiger partial charge in [0.05, 0.1) is 5.69 Å². The van der Waals surface area contributed by atoms with Crippen molar-refractivity contribution in [2.75, 3.05) is 5.32 Å². The lowest BCUT2D eigenvalue weighted by molar-refractivity contribution is 0.517. The highest BCUT2D eigenvalue weighted by Crippen LogP contribution is 2.24. The molecule has 5 heteroatoms. The Bertz CT molecular complexity index is 536. The number of unbranched alkanes of at least 4 members (excludes halogenated alkanes) is 1. The summed E-state index contributed by atoms with van der Waals surface area (Å²) in [6, 6.07) is 5.66. The number of rotatable bonds is 4. The lowest BCUT2D eigenvalue weighted by Crippen LogP contribution is -2.19. The molecule has 1 heterocycles. The van der Waals surface area contributed by atoms with Crippen LogP contribution in [-0.4, -0.2) is 10.1 Å². The highest BCUT2D eigenvalue weighted by molar-refractivity contribution is 7.80. The lowest BCUT2D eigenvalue weighted by Gasteiger charge is -2.02. The van der Waals surface area contributed by atoms with E-state index >= 15 is 0 Å². The van der Waals surface area contributed by atoms with Gasteiger partial charge < -0.3 is 15.5 Å². The van der Waals surface area contributed by atoms with Gasteiger partial charge in [0.2, 0.25) is 0 Å². The Morgan fingerprint density at radius 3 is 3.06 bits per heavy atom. The summed E-state index contributed by atoms with van der Waals surface area (Å²) < 4.78 is 5.66. The van der Waals surface area contributed by atoms with E-state index < -0.39 is 0 Å². The predicted octanol–water partition coefficient (Wildman–Crippen LogP) is 2.83. The standard InChI is InChI=1S/C12H15N3OS/c1-2-3-7-10-15-11-8(14-12(13)17)5-4-6-9(11)16-10/h4-6H,2-3,7H2,1H3,(H3,13,14,17). The van der Waals surface area contributed by atoms with Gasteiger partial charge in [-0.1, -0.05) is 19.4 Å². The van der Waals surface area contributed by atoms with E-state index in [0.29, 0.717) is 0 Å². The van der Waals surface area contributed by atoms with Crippen LogP contribution in [0.3, 0.4) is 0 Å². The van der Waals surface area contributed by atoms with Crippen LogP contribution in [0, 0.1) is 0 Å². The fourth-order valence-corrected chi connectivity index (χ4v) is 1.77. The Labute approximate surface area is 105 Å². The van der Waals surface area contributed by atoms with E-state index in [-0.39, 0.29) is 5.11 Å². The van der Waals surface area contributed by atoms with E-state index in [4.69, 9.17) is 22.4 Å².